The third-order valence-electron chi connectivity index (χ3n) is 8.80. The van der Waals surface area contributed by atoms with Crippen LogP contribution in [0.5, 0.6) is 0 Å². The smallest absolute Gasteiger partial charge is 0.325 e. The van der Waals surface area contributed by atoms with Crippen LogP contribution in [0.2, 0.25) is 0 Å². The van der Waals surface area contributed by atoms with Crippen LogP contribution in [0, 0.1) is 0 Å². The number of hydrogen-bond donors (Lipinski definition) is 3. The highest BCUT2D eigenvalue weighted by Crippen LogP contribution is 2.30. The molecule has 0 aliphatic carbocycles. The van der Waals surface area contributed by atoms with Gasteiger partial charge in [-0.1, -0.05) is 113 Å². The van der Waals surface area contributed by atoms with Crippen LogP contribution in [0.1, 0.15) is 79.6 Å². The first-order valence-electron chi connectivity index (χ1n) is 17.5. The molecule has 0 bridgehead atoms. The molecule has 0 saturated carbocycles. The average molecular weight is 703 g/mol. The van der Waals surface area contributed by atoms with Gasteiger partial charge in [-0.15, -0.1) is 11.3 Å². The number of hydrogen-bond acceptors (Lipinski definition) is 6. The van der Waals surface area contributed by atoms with E-state index >= 15 is 0 Å². The SMILES string of the molecule is CCCCCc1ccc(-c2ccc(-c3cnc(-c4ccc(C[C@H](NC(=O)c5ccc(C(C)(C)C)s5)C(=O)N[C@H](C)C(=O)O)cc4)nc3)cc2)cc1. The fraction of sp³-hybridized carbons (Fsp3) is 0.310. The van der Waals surface area contributed by atoms with Gasteiger partial charge in [-0.3, -0.25) is 14.4 Å². The fourth-order valence-electron chi connectivity index (χ4n) is 5.63. The minimum absolute atomic E-state index is 0.116. The van der Waals surface area contributed by atoms with Crippen LogP contribution in [0.4, 0.5) is 0 Å². The van der Waals surface area contributed by atoms with Crippen LogP contribution in [0.15, 0.2) is 97.3 Å². The molecule has 264 valence electrons. The van der Waals surface area contributed by atoms with Crippen molar-refractivity contribution in [1.29, 1.82) is 0 Å². The Morgan fingerprint density at radius 3 is 1.82 bits per heavy atom. The second-order valence-electron chi connectivity index (χ2n) is 13.9. The highest BCUT2D eigenvalue weighted by atomic mass is 32.1. The number of carbonyl (C=O) groups excluding carboxylic acids is 2. The maximum Gasteiger partial charge on any atom is 0.325 e. The number of benzene rings is 3. The number of nitrogens with one attached hydrogen (secondary N) is 2. The molecule has 0 spiro atoms. The maximum atomic E-state index is 13.2. The molecule has 2 amide bonds. The maximum absolute atomic E-state index is 13.2. The van der Waals surface area contributed by atoms with E-state index in [1.165, 1.54) is 48.6 Å². The predicted octanol–water partition coefficient (Wildman–Crippen LogP) is 8.50. The van der Waals surface area contributed by atoms with E-state index in [-0.39, 0.29) is 17.7 Å². The minimum Gasteiger partial charge on any atom is -0.480 e. The number of carboxylic acids is 1. The number of aliphatic carboxylic acids is 1. The number of aryl methyl sites for hydroxylation is 1. The Bertz CT molecular complexity index is 1930. The van der Waals surface area contributed by atoms with Crippen molar-refractivity contribution < 1.29 is 19.5 Å². The molecule has 5 aromatic rings. The van der Waals surface area contributed by atoms with Crippen molar-refractivity contribution in [2.45, 2.75) is 84.2 Å². The van der Waals surface area contributed by atoms with E-state index in [1.54, 1.807) is 6.07 Å². The summed E-state index contributed by atoms with van der Waals surface area (Å²) >= 11 is 1.38. The molecule has 5 rings (SSSR count). The lowest BCUT2D eigenvalue weighted by atomic mass is 9.95. The van der Waals surface area contributed by atoms with Crippen LogP contribution in [-0.4, -0.2) is 44.9 Å². The number of unbranched alkanes of at least 4 members (excludes halogenated alkanes) is 2. The lowest BCUT2D eigenvalue weighted by Gasteiger charge is -2.20. The van der Waals surface area contributed by atoms with E-state index in [2.05, 4.69) is 96.8 Å². The van der Waals surface area contributed by atoms with Crippen molar-refractivity contribution in [2.24, 2.45) is 0 Å². The number of carbonyl (C=O) groups is 3. The van der Waals surface area contributed by atoms with Crippen molar-refractivity contribution in [1.82, 2.24) is 20.6 Å². The molecule has 0 radical (unpaired) electrons. The van der Waals surface area contributed by atoms with E-state index in [0.717, 1.165) is 39.1 Å². The zero-order valence-electron chi connectivity index (χ0n) is 29.9. The van der Waals surface area contributed by atoms with Crippen LogP contribution in [0.3, 0.4) is 0 Å². The number of rotatable bonds is 14. The third-order valence-corrected chi connectivity index (χ3v) is 10.3. The molecule has 0 aliphatic heterocycles. The van der Waals surface area contributed by atoms with Gasteiger partial charge < -0.3 is 15.7 Å². The molecule has 0 fully saturated rings. The van der Waals surface area contributed by atoms with E-state index in [0.29, 0.717) is 10.7 Å². The molecule has 0 aliphatic rings. The second kappa shape index (κ2) is 16.7. The lowest BCUT2D eigenvalue weighted by molar-refractivity contribution is -0.141. The summed E-state index contributed by atoms with van der Waals surface area (Å²) in [4.78, 5) is 48.6. The minimum atomic E-state index is -1.16. The molecule has 3 N–H and O–H groups in total. The van der Waals surface area contributed by atoms with Crippen LogP contribution >= 0.6 is 11.3 Å². The Hall–Kier alpha value is -5.15. The van der Waals surface area contributed by atoms with Crippen molar-refractivity contribution >= 4 is 29.1 Å². The predicted molar refractivity (Wildman–Crippen MR) is 205 cm³/mol. The van der Waals surface area contributed by atoms with Gasteiger partial charge in [-0.25, -0.2) is 9.97 Å². The van der Waals surface area contributed by atoms with Gasteiger partial charge in [-0.2, -0.15) is 0 Å². The molecule has 2 atom stereocenters. The summed E-state index contributed by atoms with van der Waals surface area (Å²) in [5, 5.41) is 14.7. The Labute approximate surface area is 304 Å². The van der Waals surface area contributed by atoms with Crippen molar-refractivity contribution in [3.63, 3.8) is 0 Å². The summed E-state index contributed by atoms with van der Waals surface area (Å²) in [7, 11) is 0. The fourth-order valence-corrected chi connectivity index (χ4v) is 6.59. The monoisotopic (exact) mass is 702 g/mol. The van der Waals surface area contributed by atoms with E-state index in [1.807, 2.05) is 42.7 Å². The first-order chi connectivity index (χ1) is 24.4. The molecular weight excluding hydrogens is 657 g/mol. The number of nitrogens with zero attached hydrogens (tertiary/aromatic N) is 2. The Kier molecular flexibility index (Phi) is 12.2. The number of aromatic nitrogens is 2. The lowest BCUT2D eigenvalue weighted by Crippen LogP contribution is -2.51. The van der Waals surface area contributed by atoms with Gasteiger partial charge in [0.25, 0.3) is 5.91 Å². The van der Waals surface area contributed by atoms with Gasteiger partial charge >= 0.3 is 5.97 Å². The number of amides is 2. The molecule has 9 heteroatoms. The quantitative estimate of drug-likeness (QED) is 0.0999. The van der Waals surface area contributed by atoms with Crippen molar-refractivity contribution in [2.75, 3.05) is 0 Å². The molecule has 0 unspecified atom stereocenters. The summed E-state index contributed by atoms with van der Waals surface area (Å²) < 4.78 is 0. The normalized spacial score (nSPS) is 12.6. The largest absolute Gasteiger partial charge is 0.480 e. The van der Waals surface area contributed by atoms with E-state index < -0.39 is 24.0 Å². The average Bonchev–Trinajstić information content (AvgIpc) is 3.64. The van der Waals surface area contributed by atoms with Gasteiger partial charge in [0, 0.05) is 34.8 Å². The summed E-state index contributed by atoms with van der Waals surface area (Å²) in [6.07, 6.45) is 8.63. The zero-order chi connectivity index (χ0) is 36.5. The van der Waals surface area contributed by atoms with Gasteiger partial charge in [0.2, 0.25) is 5.91 Å². The standard InChI is InChI=1S/C42H46N4O4S/c1-6-7-8-9-28-10-14-30(15-11-28)31-18-20-32(21-19-31)34-25-43-38(44-26-34)33-16-12-29(13-17-33)24-35(39(47)45-27(2)41(49)50)46-40(48)36-22-23-37(51-36)42(3,4)5/h10-23,25-27,35H,6-9,24H2,1-5H3,(H,45,47)(H,46,48)(H,49,50)/t27-,35+/m1/s1. The van der Waals surface area contributed by atoms with Crippen molar-refractivity contribution in [3.05, 3.63) is 118 Å². The molecule has 2 heterocycles. The van der Waals surface area contributed by atoms with Gasteiger partial charge in [0.05, 0.1) is 4.88 Å². The van der Waals surface area contributed by atoms with Crippen molar-refractivity contribution in [3.8, 4) is 33.6 Å². The first kappa shape index (κ1) is 37.1. The zero-order valence-corrected chi connectivity index (χ0v) is 30.7. The highest BCUT2D eigenvalue weighted by Gasteiger charge is 2.26. The molecule has 0 saturated heterocycles. The van der Waals surface area contributed by atoms with E-state index in [9.17, 15) is 19.5 Å². The molecule has 2 aromatic heterocycles. The number of thiophene rings is 1. The van der Waals surface area contributed by atoms with Gasteiger partial charge in [-0.05, 0) is 65.1 Å². The second-order valence-corrected chi connectivity index (χ2v) is 15.0. The molecule has 51 heavy (non-hydrogen) atoms. The van der Waals surface area contributed by atoms with Crippen LogP contribution in [0.25, 0.3) is 33.6 Å². The van der Waals surface area contributed by atoms with Gasteiger partial charge in [0.15, 0.2) is 5.82 Å². The summed E-state index contributed by atoms with van der Waals surface area (Å²) in [6.45, 7) is 9.82. The summed E-state index contributed by atoms with van der Waals surface area (Å²) in [6, 6.07) is 26.3. The van der Waals surface area contributed by atoms with Crippen LogP contribution < -0.4 is 10.6 Å². The summed E-state index contributed by atoms with van der Waals surface area (Å²) in [5.74, 6) is -1.55. The van der Waals surface area contributed by atoms with E-state index in [4.69, 9.17) is 0 Å². The summed E-state index contributed by atoms with van der Waals surface area (Å²) in [5.41, 5.74) is 7.14. The Morgan fingerprint density at radius 2 is 1.27 bits per heavy atom. The Morgan fingerprint density at radius 1 is 0.725 bits per heavy atom. The first-order valence-corrected chi connectivity index (χ1v) is 18.3. The Balaban J connectivity index is 1.24. The topological polar surface area (TPSA) is 121 Å². The molecule has 8 nitrogen and oxygen atoms in total. The highest BCUT2D eigenvalue weighted by molar-refractivity contribution is 7.14. The number of carboxylic acid groups (broad SMARTS) is 1. The third kappa shape index (κ3) is 9.98. The molecule has 3 aromatic carbocycles. The van der Waals surface area contributed by atoms with Crippen LogP contribution in [-0.2, 0) is 27.8 Å². The van der Waals surface area contributed by atoms with Gasteiger partial charge in [0.1, 0.15) is 12.1 Å². The molecular formula is C42H46N4O4S.